The van der Waals surface area contributed by atoms with Gasteiger partial charge < -0.3 is 14.4 Å². The average Bonchev–Trinajstić information content (AvgIpc) is 2.55. The minimum absolute atomic E-state index is 0.725. The molecule has 0 N–H and O–H groups in total. The Balaban J connectivity index is 2.08. The minimum atomic E-state index is 0.725. The molecule has 0 unspecified atom stereocenters. The van der Waals surface area contributed by atoms with Crippen LogP contribution in [0.1, 0.15) is 44.6 Å². The van der Waals surface area contributed by atoms with Crippen molar-refractivity contribution in [3.8, 4) is 11.5 Å². The lowest BCUT2D eigenvalue weighted by atomic mass is 10.1. The first-order valence-electron chi connectivity index (χ1n) is 7.86. The van der Waals surface area contributed by atoms with Crippen LogP contribution in [0.4, 0.5) is 0 Å². The number of piperidine rings is 1. The van der Waals surface area contributed by atoms with E-state index in [1.165, 1.54) is 19.3 Å². The van der Waals surface area contributed by atoms with Gasteiger partial charge in [0.15, 0.2) is 11.5 Å². The largest absolute Gasteiger partial charge is 0.493 e. The minimum Gasteiger partial charge on any atom is -0.493 e. The molecule has 0 saturated carbocycles. The summed E-state index contributed by atoms with van der Waals surface area (Å²) in [4.78, 5) is 3.22. The van der Waals surface area contributed by atoms with Crippen LogP contribution in [0, 0.1) is 0 Å². The van der Waals surface area contributed by atoms with Gasteiger partial charge in [-0.2, -0.15) is 0 Å². The number of benzene rings is 1. The van der Waals surface area contributed by atoms with Crippen LogP contribution in [0.3, 0.4) is 0 Å². The quantitative estimate of drug-likeness (QED) is 0.584. The predicted octanol–water partition coefficient (Wildman–Crippen LogP) is 4.04. The number of thiocarbonyl (C=S) groups is 1. The van der Waals surface area contributed by atoms with E-state index in [-0.39, 0.29) is 0 Å². The van der Waals surface area contributed by atoms with Crippen molar-refractivity contribution in [2.75, 3.05) is 26.8 Å². The molecule has 1 saturated heterocycles. The number of ether oxygens (including phenoxy) is 2. The van der Waals surface area contributed by atoms with Gasteiger partial charge in [-0.05, 0) is 43.9 Å². The molecule has 21 heavy (non-hydrogen) atoms. The molecule has 0 spiro atoms. The van der Waals surface area contributed by atoms with E-state index >= 15 is 0 Å². The highest BCUT2D eigenvalue weighted by molar-refractivity contribution is 7.80. The van der Waals surface area contributed by atoms with E-state index < -0.39 is 0 Å². The molecule has 2 rings (SSSR count). The van der Waals surface area contributed by atoms with Crippen molar-refractivity contribution in [3.63, 3.8) is 0 Å². The van der Waals surface area contributed by atoms with Crippen molar-refractivity contribution in [2.45, 2.75) is 39.0 Å². The van der Waals surface area contributed by atoms with Gasteiger partial charge in [0.25, 0.3) is 0 Å². The monoisotopic (exact) mass is 307 g/mol. The van der Waals surface area contributed by atoms with E-state index in [0.29, 0.717) is 0 Å². The fraction of sp³-hybridized carbons (Fsp3) is 0.588. The number of unbranched alkanes of at least 4 members (excludes halogenated alkanes) is 1. The molecule has 1 aliphatic rings. The molecule has 1 fully saturated rings. The number of nitrogens with zero attached hydrogens (tertiary/aromatic N) is 1. The summed E-state index contributed by atoms with van der Waals surface area (Å²) in [5.41, 5.74) is 1.05. The fourth-order valence-corrected chi connectivity index (χ4v) is 2.84. The Labute approximate surface area is 133 Å². The number of methoxy groups -OCH3 is 1. The maximum atomic E-state index is 5.77. The van der Waals surface area contributed by atoms with Crippen LogP contribution in [-0.2, 0) is 0 Å². The smallest absolute Gasteiger partial charge is 0.161 e. The van der Waals surface area contributed by atoms with Crippen LogP contribution in [0.2, 0.25) is 0 Å². The predicted molar refractivity (Wildman–Crippen MR) is 90.5 cm³/mol. The normalized spacial score (nSPS) is 14.9. The van der Waals surface area contributed by atoms with Gasteiger partial charge in [0.1, 0.15) is 4.99 Å². The summed E-state index contributed by atoms with van der Waals surface area (Å²) in [7, 11) is 1.68. The molecule has 0 aromatic heterocycles. The zero-order valence-corrected chi connectivity index (χ0v) is 13.9. The summed E-state index contributed by atoms with van der Waals surface area (Å²) in [5.74, 6) is 1.57. The lowest BCUT2D eigenvalue weighted by Crippen LogP contribution is -2.34. The summed E-state index contributed by atoms with van der Waals surface area (Å²) < 4.78 is 11.2. The Bertz CT molecular complexity index is 470. The first kappa shape index (κ1) is 16.1. The maximum Gasteiger partial charge on any atom is 0.161 e. The summed E-state index contributed by atoms with van der Waals surface area (Å²) in [5, 5.41) is 0. The Hall–Kier alpha value is -1.29. The molecule has 0 amide bonds. The lowest BCUT2D eigenvalue weighted by Gasteiger charge is -2.29. The van der Waals surface area contributed by atoms with E-state index in [0.717, 1.165) is 54.6 Å². The van der Waals surface area contributed by atoms with Crippen LogP contribution in [0.15, 0.2) is 18.2 Å². The van der Waals surface area contributed by atoms with E-state index in [1.807, 2.05) is 18.2 Å². The van der Waals surface area contributed by atoms with Gasteiger partial charge in [-0.15, -0.1) is 0 Å². The molecule has 1 aromatic carbocycles. The molecule has 0 radical (unpaired) electrons. The molecular formula is C17H25NO2S. The number of hydrogen-bond donors (Lipinski definition) is 0. The lowest BCUT2D eigenvalue weighted by molar-refractivity contribution is 0.288. The number of likely N-dealkylation sites (tertiary alicyclic amines) is 1. The van der Waals surface area contributed by atoms with Gasteiger partial charge in [-0.3, -0.25) is 0 Å². The first-order valence-corrected chi connectivity index (χ1v) is 8.27. The van der Waals surface area contributed by atoms with Crippen LogP contribution in [0.25, 0.3) is 0 Å². The topological polar surface area (TPSA) is 21.7 Å². The summed E-state index contributed by atoms with van der Waals surface area (Å²) in [6.45, 7) is 5.01. The third kappa shape index (κ3) is 4.34. The summed E-state index contributed by atoms with van der Waals surface area (Å²) >= 11 is 5.63. The zero-order valence-electron chi connectivity index (χ0n) is 13.1. The molecule has 116 valence electrons. The Morgan fingerprint density at radius 2 is 1.95 bits per heavy atom. The van der Waals surface area contributed by atoms with Gasteiger partial charge in [0.05, 0.1) is 13.7 Å². The molecule has 0 atom stereocenters. The molecule has 0 aliphatic carbocycles. The van der Waals surface area contributed by atoms with Crippen molar-refractivity contribution in [2.24, 2.45) is 0 Å². The molecule has 1 aromatic rings. The second-order valence-corrected chi connectivity index (χ2v) is 5.81. The molecule has 4 heteroatoms. The van der Waals surface area contributed by atoms with E-state index in [9.17, 15) is 0 Å². The maximum absolute atomic E-state index is 5.77. The summed E-state index contributed by atoms with van der Waals surface area (Å²) in [6, 6.07) is 6.01. The highest BCUT2D eigenvalue weighted by Gasteiger charge is 2.16. The van der Waals surface area contributed by atoms with Gasteiger partial charge in [-0.25, -0.2) is 0 Å². The third-order valence-electron chi connectivity index (χ3n) is 3.81. The highest BCUT2D eigenvalue weighted by Crippen LogP contribution is 2.29. The first-order chi connectivity index (χ1) is 10.3. The van der Waals surface area contributed by atoms with Gasteiger partial charge in [-0.1, -0.05) is 25.6 Å². The van der Waals surface area contributed by atoms with E-state index in [2.05, 4.69) is 11.8 Å². The Kier molecular flexibility index (Phi) is 6.30. The van der Waals surface area contributed by atoms with E-state index in [4.69, 9.17) is 21.7 Å². The fourth-order valence-electron chi connectivity index (χ4n) is 2.53. The van der Waals surface area contributed by atoms with Crippen molar-refractivity contribution in [3.05, 3.63) is 23.8 Å². The zero-order chi connectivity index (χ0) is 15.1. The van der Waals surface area contributed by atoms with Gasteiger partial charge in [0, 0.05) is 18.7 Å². The standard InChI is InChI=1S/C17H25NO2S/c1-3-4-12-20-15-9-8-14(13-16(15)19-2)17(21)18-10-6-5-7-11-18/h8-9,13H,3-7,10-12H2,1-2H3. The number of hydrogen-bond acceptors (Lipinski definition) is 3. The van der Waals surface area contributed by atoms with Crippen molar-refractivity contribution >= 4 is 17.2 Å². The third-order valence-corrected chi connectivity index (χ3v) is 4.30. The molecule has 1 heterocycles. The SMILES string of the molecule is CCCCOc1ccc(C(=S)N2CCCCC2)cc1OC. The van der Waals surface area contributed by atoms with Crippen LogP contribution >= 0.6 is 12.2 Å². The Morgan fingerprint density at radius 3 is 2.62 bits per heavy atom. The molecule has 3 nitrogen and oxygen atoms in total. The van der Waals surface area contributed by atoms with Gasteiger partial charge in [0.2, 0.25) is 0 Å². The summed E-state index contributed by atoms with van der Waals surface area (Å²) in [6.07, 6.45) is 5.95. The second kappa shape index (κ2) is 8.23. The van der Waals surface area contributed by atoms with Crippen LogP contribution in [-0.4, -0.2) is 36.7 Å². The van der Waals surface area contributed by atoms with Crippen molar-refractivity contribution in [1.29, 1.82) is 0 Å². The Morgan fingerprint density at radius 1 is 1.19 bits per heavy atom. The van der Waals surface area contributed by atoms with Crippen molar-refractivity contribution < 1.29 is 9.47 Å². The number of rotatable bonds is 6. The van der Waals surface area contributed by atoms with Gasteiger partial charge >= 0.3 is 0 Å². The molecule has 0 bridgehead atoms. The average molecular weight is 307 g/mol. The van der Waals surface area contributed by atoms with E-state index in [1.54, 1.807) is 7.11 Å². The van der Waals surface area contributed by atoms with Crippen LogP contribution < -0.4 is 9.47 Å². The van der Waals surface area contributed by atoms with Crippen molar-refractivity contribution in [1.82, 2.24) is 4.90 Å². The molecular weight excluding hydrogens is 282 g/mol. The van der Waals surface area contributed by atoms with Crippen LogP contribution in [0.5, 0.6) is 11.5 Å². The molecule has 1 aliphatic heterocycles. The second-order valence-electron chi connectivity index (χ2n) is 5.42. The highest BCUT2D eigenvalue weighted by atomic mass is 32.1.